The average Bonchev–Trinajstić information content (AvgIpc) is 3.16. The highest BCUT2D eigenvalue weighted by Crippen LogP contribution is 2.16. The van der Waals surface area contributed by atoms with Crippen molar-refractivity contribution in [2.75, 3.05) is 10.6 Å². The molecule has 0 unspecified atom stereocenters. The molecule has 0 aliphatic carbocycles. The summed E-state index contributed by atoms with van der Waals surface area (Å²) in [5, 5.41) is 5.47. The van der Waals surface area contributed by atoms with Crippen LogP contribution in [0.3, 0.4) is 0 Å². The van der Waals surface area contributed by atoms with E-state index in [-0.39, 0.29) is 17.6 Å². The molecule has 0 fully saturated rings. The van der Waals surface area contributed by atoms with Gasteiger partial charge in [0, 0.05) is 17.5 Å². The Morgan fingerprint density at radius 3 is 2.32 bits per heavy atom. The number of furan rings is 1. The van der Waals surface area contributed by atoms with E-state index < -0.39 is 0 Å². The van der Waals surface area contributed by atoms with E-state index in [0.29, 0.717) is 11.4 Å². The molecule has 2 amide bonds. The Labute approximate surface area is 145 Å². The van der Waals surface area contributed by atoms with Crippen LogP contribution in [-0.2, 0) is 4.79 Å². The predicted octanol–water partition coefficient (Wildman–Crippen LogP) is 4.18. The van der Waals surface area contributed by atoms with Gasteiger partial charge in [0.1, 0.15) is 0 Å². The van der Waals surface area contributed by atoms with Crippen LogP contribution in [0.2, 0.25) is 0 Å². The fourth-order valence-corrected chi connectivity index (χ4v) is 2.20. The summed E-state index contributed by atoms with van der Waals surface area (Å²) in [6, 6.07) is 19.7. The van der Waals surface area contributed by atoms with Gasteiger partial charge in [0.2, 0.25) is 5.91 Å². The zero-order valence-corrected chi connectivity index (χ0v) is 13.3. The van der Waals surface area contributed by atoms with Gasteiger partial charge in [0.05, 0.1) is 6.26 Å². The van der Waals surface area contributed by atoms with Crippen LogP contribution in [-0.4, -0.2) is 11.8 Å². The van der Waals surface area contributed by atoms with Crippen molar-refractivity contribution in [3.8, 4) is 0 Å². The van der Waals surface area contributed by atoms with Crippen LogP contribution in [0.5, 0.6) is 0 Å². The van der Waals surface area contributed by atoms with Crippen LogP contribution >= 0.6 is 0 Å². The van der Waals surface area contributed by atoms with Crippen molar-refractivity contribution in [1.29, 1.82) is 0 Å². The van der Waals surface area contributed by atoms with Crippen molar-refractivity contribution >= 4 is 29.3 Å². The van der Waals surface area contributed by atoms with E-state index in [1.807, 2.05) is 30.3 Å². The number of anilines is 2. The summed E-state index contributed by atoms with van der Waals surface area (Å²) < 4.78 is 5.05. The topological polar surface area (TPSA) is 71.3 Å². The minimum Gasteiger partial charge on any atom is -0.459 e. The van der Waals surface area contributed by atoms with Gasteiger partial charge in [0.15, 0.2) is 5.76 Å². The fourth-order valence-electron chi connectivity index (χ4n) is 2.20. The van der Waals surface area contributed by atoms with Gasteiger partial charge in [-0.1, -0.05) is 36.4 Å². The van der Waals surface area contributed by atoms with Crippen LogP contribution in [0.15, 0.2) is 83.5 Å². The summed E-state index contributed by atoms with van der Waals surface area (Å²) >= 11 is 0. The highest BCUT2D eigenvalue weighted by atomic mass is 16.3. The number of rotatable bonds is 5. The van der Waals surface area contributed by atoms with E-state index in [1.54, 1.807) is 42.5 Å². The maximum atomic E-state index is 12.0. The normalized spacial score (nSPS) is 10.6. The van der Waals surface area contributed by atoms with E-state index in [0.717, 1.165) is 5.56 Å². The van der Waals surface area contributed by atoms with Gasteiger partial charge in [-0.3, -0.25) is 9.59 Å². The zero-order valence-electron chi connectivity index (χ0n) is 13.3. The molecule has 0 atom stereocenters. The van der Waals surface area contributed by atoms with Gasteiger partial charge in [-0.2, -0.15) is 0 Å². The smallest absolute Gasteiger partial charge is 0.291 e. The summed E-state index contributed by atoms with van der Waals surface area (Å²) in [7, 11) is 0. The Morgan fingerprint density at radius 2 is 1.60 bits per heavy atom. The highest BCUT2D eigenvalue weighted by Gasteiger charge is 2.09. The second-order valence-electron chi connectivity index (χ2n) is 5.25. The van der Waals surface area contributed by atoms with Crippen molar-refractivity contribution in [3.63, 3.8) is 0 Å². The summed E-state index contributed by atoms with van der Waals surface area (Å²) in [6.07, 6.45) is 4.63. The van der Waals surface area contributed by atoms with Gasteiger partial charge in [-0.05, 0) is 42.0 Å². The minimum atomic E-state index is -0.350. The number of hydrogen-bond acceptors (Lipinski definition) is 3. The maximum Gasteiger partial charge on any atom is 0.291 e. The second kappa shape index (κ2) is 7.79. The first-order valence-electron chi connectivity index (χ1n) is 7.70. The van der Waals surface area contributed by atoms with Gasteiger partial charge >= 0.3 is 0 Å². The third-order valence-corrected chi connectivity index (χ3v) is 3.36. The molecule has 0 radical (unpaired) electrons. The molecule has 0 saturated heterocycles. The average molecular weight is 332 g/mol. The van der Waals surface area contributed by atoms with Crippen LogP contribution in [0.25, 0.3) is 6.08 Å². The predicted molar refractivity (Wildman–Crippen MR) is 97.2 cm³/mol. The SMILES string of the molecule is O=C(/C=C/c1ccccc1)Nc1cccc(NC(=O)c2ccco2)c1. The molecule has 1 heterocycles. The third kappa shape index (κ3) is 4.68. The lowest BCUT2D eigenvalue weighted by Crippen LogP contribution is -2.12. The van der Waals surface area contributed by atoms with Gasteiger partial charge in [0.25, 0.3) is 5.91 Å². The maximum absolute atomic E-state index is 12.0. The van der Waals surface area contributed by atoms with Crippen molar-refractivity contribution < 1.29 is 14.0 Å². The summed E-state index contributed by atoms with van der Waals surface area (Å²) in [5.74, 6) is -0.379. The van der Waals surface area contributed by atoms with Gasteiger partial charge in [-0.15, -0.1) is 0 Å². The van der Waals surface area contributed by atoms with Crippen LogP contribution < -0.4 is 10.6 Å². The van der Waals surface area contributed by atoms with E-state index >= 15 is 0 Å². The molecule has 1 aromatic heterocycles. The standard InChI is InChI=1S/C20H16N2O3/c23-19(12-11-15-6-2-1-3-7-15)21-16-8-4-9-17(14-16)22-20(24)18-10-5-13-25-18/h1-14H,(H,21,23)(H,22,24)/b12-11+. The number of nitrogens with one attached hydrogen (secondary N) is 2. The summed E-state index contributed by atoms with van der Waals surface area (Å²) in [4.78, 5) is 24.0. The van der Waals surface area contributed by atoms with Crippen LogP contribution in [0.1, 0.15) is 16.1 Å². The third-order valence-electron chi connectivity index (χ3n) is 3.36. The van der Waals surface area contributed by atoms with Gasteiger partial charge < -0.3 is 15.1 Å². The van der Waals surface area contributed by atoms with Crippen molar-refractivity contribution in [3.05, 3.63) is 90.4 Å². The van der Waals surface area contributed by atoms with Crippen molar-refractivity contribution in [2.24, 2.45) is 0 Å². The van der Waals surface area contributed by atoms with E-state index in [2.05, 4.69) is 10.6 Å². The lowest BCUT2D eigenvalue weighted by Gasteiger charge is -2.07. The van der Waals surface area contributed by atoms with Crippen molar-refractivity contribution in [2.45, 2.75) is 0 Å². The molecule has 2 N–H and O–H groups in total. The molecule has 3 rings (SSSR count). The zero-order chi connectivity index (χ0) is 17.5. The molecule has 0 aliphatic heterocycles. The molecule has 0 saturated carbocycles. The lowest BCUT2D eigenvalue weighted by atomic mass is 10.2. The highest BCUT2D eigenvalue weighted by molar-refractivity contribution is 6.04. The van der Waals surface area contributed by atoms with Gasteiger partial charge in [-0.25, -0.2) is 0 Å². The molecule has 0 aliphatic rings. The summed E-state index contributed by atoms with van der Waals surface area (Å²) in [5.41, 5.74) is 2.09. The Morgan fingerprint density at radius 1 is 0.840 bits per heavy atom. The first-order chi connectivity index (χ1) is 12.2. The number of amides is 2. The largest absolute Gasteiger partial charge is 0.459 e. The van der Waals surface area contributed by atoms with Crippen LogP contribution in [0.4, 0.5) is 11.4 Å². The molecule has 5 heteroatoms. The Bertz CT molecular complexity index is 884. The molecule has 0 bridgehead atoms. The molecule has 2 aromatic carbocycles. The Hall–Kier alpha value is -3.60. The number of benzene rings is 2. The Kier molecular flexibility index (Phi) is 5.07. The number of carbonyl (C=O) groups is 2. The molecular weight excluding hydrogens is 316 g/mol. The molecule has 3 aromatic rings. The van der Waals surface area contributed by atoms with Crippen molar-refractivity contribution in [1.82, 2.24) is 0 Å². The lowest BCUT2D eigenvalue weighted by molar-refractivity contribution is -0.111. The molecule has 25 heavy (non-hydrogen) atoms. The van der Waals surface area contributed by atoms with Crippen LogP contribution in [0, 0.1) is 0 Å². The second-order valence-corrected chi connectivity index (χ2v) is 5.25. The first-order valence-corrected chi connectivity index (χ1v) is 7.70. The summed E-state index contributed by atoms with van der Waals surface area (Å²) in [6.45, 7) is 0. The molecule has 0 spiro atoms. The monoisotopic (exact) mass is 332 g/mol. The number of hydrogen-bond donors (Lipinski definition) is 2. The molecule has 124 valence electrons. The minimum absolute atomic E-state index is 0.222. The Balaban J connectivity index is 1.62. The number of carbonyl (C=O) groups excluding carboxylic acids is 2. The quantitative estimate of drug-likeness (QED) is 0.688. The first kappa shape index (κ1) is 16.3. The molecule has 5 nitrogen and oxygen atoms in total. The fraction of sp³-hybridized carbons (Fsp3) is 0. The van der Waals surface area contributed by atoms with E-state index in [9.17, 15) is 9.59 Å². The van der Waals surface area contributed by atoms with E-state index in [4.69, 9.17) is 4.42 Å². The molecular formula is C20H16N2O3. The van der Waals surface area contributed by atoms with E-state index in [1.165, 1.54) is 12.3 Å².